The van der Waals surface area contributed by atoms with Crippen molar-refractivity contribution < 1.29 is 5.11 Å². The van der Waals surface area contributed by atoms with Crippen molar-refractivity contribution in [2.45, 2.75) is 32.6 Å². The Morgan fingerprint density at radius 3 is 1.29 bits per heavy atom. The smallest absolute Gasteiger partial charge is 0.0402 e. The Hall–Kier alpha value is -0.0400. The summed E-state index contributed by atoms with van der Waals surface area (Å²) in [6.45, 7) is 1.93. The molecule has 0 heterocycles. The molecule has 1 saturated carbocycles. The zero-order valence-corrected chi connectivity index (χ0v) is 4.98. The Bertz CT molecular complexity index is 19.4. The predicted molar refractivity (Wildman–Crippen MR) is 31.2 cm³/mol. The standard InChI is InChI=1S/C4H8.C2H6O/c1-2-4-3-1;1-2-3/h1-4H2;3H,2H2,1H3. The first kappa shape index (κ1) is 6.96. The number of hydrogen-bond acceptors (Lipinski definition) is 1. The first-order valence-corrected chi connectivity index (χ1v) is 3.02. The molecule has 0 aromatic heterocycles. The molecule has 7 heavy (non-hydrogen) atoms. The second-order valence-corrected chi connectivity index (χ2v) is 1.73. The van der Waals surface area contributed by atoms with Crippen molar-refractivity contribution >= 4 is 0 Å². The van der Waals surface area contributed by atoms with Crippen molar-refractivity contribution in [1.82, 2.24) is 0 Å². The maximum Gasteiger partial charge on any atom is 0.0402 e. The van der Waals surface area contributed by atoms with Gasteiger partial charge in [-0.05, 0) is 6.92 Å². The molecular formula is C6H14O. The van der Waals surface area contributed by atoms with Crippen LogP contribution in [0.4, 0.5) is 0 Å². The molecule has 0 aliphatic heterocycles. The Balaban J connectivity index is 0.000000110. The lowest BCUT2D eigenvalue weighted by atomic mass is 10.0. The molecule has 0 radical (unpaired) electrons. The van der Waals surface area contributed by atoms with Gasteiger partial charge in [-0.1, -0.05) is 25.7 Å². The molecule has 0 aromatic carbocycles. The number of rotatable bonds is 0. The molecule has 1 nitrogen and oxygen atoms in total. The second kappa shape index (κ2) is 5.96. The van der Waals surface area contributed by atoms with Gasteiger partial charge in [0, 0.05) is 6.61 Å². The van der Waals surface area contributed by atoms with E-state index in [0.29, 0.717) is 0 Å². The molecular weight excluding hydrogens is 88.1 g/mol. The van der Waals surface area contributed by atoms with Crippen molar-refractivity contribution in [3.05, 3.63) is 0 Å². The summed E-state index contributed by atoms with van der Waals surface area (Å²) < 4.78 is 0. The van der Waals surface area contributed by atoms with Crippen LogP contribution in [0.25, 0.3) is 0 Å². The second-order valence-electron chi connectivity index (χ2n) is 1.73. The Morgan fingerprint density at radius 1 is 1.14 bits per heavy atom. The third-order valence-corrected chi connectivity index (χ3v) is 1.000. The number of aliphatic hydroxyl groups excluding tert-OH is 1. The first-order chi connectivity index (χ1) is 3.41. The quantitative estimate of drug-likeness (QED) is 0.492. The van der Waals surface area contributed by atoms with Crippen LogP contribution in [-0.4, -0.2) is 11.7 Å². The third kappa shape index (κ3) is 5.96. The van der Waals surface area contributed by atoms with Crippen LogP contribution in [0.2, 0.25) is 0 Å². The maximum absolute atomic E-state index is 7.57. The number of aliphatic hydroxyl groups is 1. The fourth-order valence-electron chi connectivity index (χ4n) is 0.250. The van der Waals surface area contributed by atoms with Crippen LogP contribution in [0.5, 0.6) is 0 Å². The van der Waals surface area contributed by atoms with E-state index in [1.807, 2.05) is 0 Å². The minimum Gasteiger partial charge on any atom is -0.397 e. The van der Waals surface area contributed by atoms with Gasteiger partial charge in [0.2, 0.25) is 0 Å². The Labute approximate surface area is 45.4 Å². The van der Waals surface area contributed by atoms with Gasteiger partial charge in [-0.15, -0.1) is 0 Å². The van der Waals surface area contributed by atoms with Crippen LogP contribution in [-0.2, 0) is 0 Å². The molecule has 0 atom stereocenters. The molecule has 1 heteroatoms. The summed E-state index contributed by atoms with van der Waals surface area (Å²) in [6.07, 6.45) is 6.00. The molecule has 0 spiro atoms. The summed E-state index contributed by atoms with van der Waals surface area (Å²) in [4.78, 5) is 0. The van der Waals surface area contributed by atoms with Crippen LogP contribution in [0.3, 0.4) is 0 Å². The molecule has 1 rings (SSSR count). The van der Waals surface area contributed by atoms with E-state index in [0.717, 1.165) is 0 Å². The minimum absolute atomic E-state index is 0.250. The Morgan fingerprint density at radius 2 is 1.29 bits per heavy atom. The topological polar surface area (TPSA) is 20.2 Å². The Kier molecular flexibility index (Phi) is 5.93. The normalized spacial score (nSPS) is 16.3. The van der Waals surface area contributed by atoms with E-state index in [9.17, 15) is 0 Å². The van der Waals surface area contributed by atoms with Gasteiger partial charge in [0.1, 0.15) is 0 Å². The molecule has 0 unspecified atom stereocenters. The van der Waals surface area contributed by atoms with Crippen molar-refractivity contribution in [3.63, 3.8) is 0 Å². The molecule has 44 valence electrons. The molecule has 0 aromatic rings. The highest BCUT2D eigenvalue weighted by atomic mass is 16.2. The summed E-state index contributed by atoms with van der Waals surface area (Å²) in [6, 6.07) is 0. The van der Waals surface area contributed by atoms with Crippen LogP contribution in [0.1, 0.15) is 32.6 Å². The zero-order valence-electron chi connectivity index (χ0n) is 4.98. The van der Waals surface area contributed by atoms with E-state index in [1.165, 1.54) is 25.7 Å². The summed E-state index contributed by atoms with van der Waals surface area (Å²) in [5.41, 5.74) is 0. The molecule has 1 aliphatic rings. The van der Waals surface area contributed by atoms with Crippen LogP contribution in [0.15, 0.2) is 0 Å². The van der Waals surface area contributed by atoms with E-state index < -0.39 is 0 Å². The fourth-order valence-corrected chi connectivity index (χ4v) is 0.250. The molecule has 1 aliphatic carbocycles. The van der Waals surface area contributed by atoms with Crippen molar-refractivity contribution in [1.29, 1.82) is 0 Å². The van der Waals surface area contributed by atoms with Crippen molar-refractivity contribution in [3.8, 4) is 0 Å². The molecule has 0 amide bonds. The summed E-state index contributed by atoms with van der Waals surface area (Å²) in [5.74, 6) is 0. The minimum atomic E-state index is 0.250. The number of hydrogen-bond donors (Lipinski definition) is 1. The molecule has 0 saturated heterocycles. The van der Waals surface area contributed by atoms with Crippen LogP contribution >= 0.6 is 0 Å². The predicted octanol–water partition coefficient (Wildman–Crippen LogP) is 1.56. The zero-order chi connectivity index (χ0) is 5.54. The lowest BCUT2D eigenvalue weighted by Gasteiger charge is -2.05. The van der Waals surface area contributed by atoms with Gasteiger partial charge in [0.05, 0.1) is 0 Å². The fraction of sp³-hybridized carbons (Fsp3) is 1.00. The summed E-state index contributed by atoms with van der Waals surface area (Å²) in [7, 11) is 0. The van der Waals surface area contributed by atoms with Gasteiger partial charge in [0.15, 0.2) is 0 Å². The van der Waals surface area contributed by atoms with Gasteiger partial charge >= 0.3 is 0 Å². The highest BCUT2D eigenvalue weighted by Gasteiger charge is 1.95. The molecule has 1 N–H and O–H groups in total. The van der Waals surface area contributed by atoms with E-state index in [-0.39, 0.29) is 6.61 Å². The van der Waals surface area contributed by atoms with Crippen molar-refractivity contribution in [2.75, 3.05) is 6.61 Å². The highest BCUT2D eigenvalue weighted by molar-refractivity contribution is 4.50. The average molecular weight is 102 g/mol. The van der Waals surface area contributed by atoms with E-state index in [2.05, 4.69) is 0 Å². The third-order valence-electron chi connectivity index (χ3n) is 1.000. The lowest BCUT2D eigenvalue weighted by molar-refractivity contribution is 0.318. The van der Waals surface area contributed by atoms with Gasteiger partial charge in [-0.25, -0.2) is 0 Å². The largest absolute Gasteiger partial charge is 0.397 e. The maximum atomic E-state index is 7.57. The lowest BCUT2D eigenvalue weighted by Crippen LogP contribution is -1.85. The SMILES string of the molecule is C1CCC1.CCO. The van der Waals surface area contributed by atoms with Gasteiger partial charge < -0.3 is 5.11 Å². The molecule has 0 bridgehead atoms. The summed E-state index contributed by atoms with van der Waals surface area (Å²) >= 11 is 0. The average Bonchev–Trinajstić information content (AvgIpc) is 1.27. The molecule has 1 fully saturated rings. The first-order valence-electron chi connectivity index (χ1n) is 3.02. The van der Waals surface area contributed by atoms with Gasteiger partial charge in [-0.3, -0.25) is 0 Å². The van der Waals surface area contributed by atoms with Gasteiger partial charge in [0.25, 0.3) is 0 Å². The van der Waals surface area contributed by atoms with E-state index in [4.69, 9.17) is 5.11 Å². The van der Waals surface area contributed by atoms with Crippen LogP contribution < -0.4 is 0 Å². The van der Waals surface area contributed by atoms with Gasteiger partial charge in [-0.2, -0.15) is 0 Å². The van der Waals surface area contributed by atoms with E-state index >= 15 is 0 Å². The van der Waals surface area contributed by atoms with E-state index in [1.54, 1.807) is 6.92 Å². The summed E-state index contributed by atoms with van der Waals surface area (Å²) in [5, 5.41) is 7.57. The van der Waals surface area contributed by atoms with Crippen LogP contribution in [0, 0.1) is 0 Å². The highest BCUT2D eigenvalue weighted by Crippen LogP contribution is 2.15. The van der Waals surface area contributed by atoms with Crippen molar-refractivity contribution in [2.24, 2.45) is 0 Å². The monoisotopic (exact) mass is 102 g/mol.